The second-order valence-corrected chi connectivity index (χ2v) is 13.5. The van der Waals surface area contributed by atoms with Crippen LogP contribution < -0.4 is 0 Å². The highest BCUT2D eigenvalue weighted by Gasteiger charge is 2.14. The lowest BCUT2D eigenvalue weighted by Gasteiger charge is -2.18. The first-order chi connectivity index (χ1) is 22.6. The van der Waals surface area contributed by atoms with Crippen LogP contribution in [0.25, 0.3) is 0 Å². The molecule has 4 nitrogen and oxygen atoms in total. The minimum absolute atomic E-state index is 0.00986. The number of carboxylic acid groups (broad SMARTS) is 1. The van der Waals surface area contributed by atoms with Crippen molar-refractivity contribution in [1.82, 2.24) is 0 Å². The number of aliphatic carboxylic acids is 1. The summed E-state index contributed by atoms with van der Waals surface area (Å²) in [6, 6.07) is 0. The molecule has 0 aliphatic carbocycles. The van der Waals surface area contributed by atoms with Crippen molar-refractivity contribution in [2.45, 2.75) is 219 Å². The number of esters is 1. The molecule has 0 saturated heterocycles. The molecule has 1 N–H and O–H groups in total. The van der Waals surface area contributed by atoms with Gasteiger partial charge in [-0.15, -0.1) is 0 Å². The van der Waals surface area contributed by atoms with Crippen LogP contribution in [0.2, 0.25) is 0 Å². The average molecular weight is 645 g/mol. The highest BCUT2D eigenvalue weighted by Crippen LogP contribution is 2.18. The quantitative estimate of drug-likeness (QED) is 0.0419. The Bertz CT molecular complexity index is 738. The lowest BCUT2D eigenvalue weighted by Crippen LogP contribution is -2.18. The summed E-state index contributed by atoms with van der Waals surface area (Å²) in [6.45, 7) is 4.53. The maximum absolute atomic E-state index is 12.7. The standard InChI is InChI=1S/C42H76O4/c1-3-5-7-9-11-13-15-17-18-20-22-24-26-31-35-39-42(45)46-40(37-33-29-27-30-34-38-41(43)44)36-32-28-25-23-21-19-16-14-12-10-8-6-4-2/h16-19,23,25,40H,3-15,20-22,24,26-39H2,1-2H3,(H,43,44)/b18-17-,19-16-,25-23-. The van der Waals surface area contributed by atoms with Crippen LogP contribution in [0.5, 0.6) is 0 Å². The Kier molecular flexibility index (Phi) is 36.1. The van der Waals surface area contributed by atoms with Crippen molar-refractivity contribution >= 4 is 11.9 Å². The number of carbonyl (C=O) groups is 2. The van der Waals surface area contributed by atoms with Gasteiger partial charge in [0.25, 0.3) is 0 Å². The van der Waals surface area contributed by atoms with Crippen molar-refractivity contribution in [3.8, 4) is 0 Å². The molecular formula is C42H76O4. The normalized spacial score (nSPS) is 12.6. The largest absolute Gasteiger partial charge is 0.481 e. The third kappa shape index (κ3) is 36.6. The zero-order valence-electron chi connectivity index (χ0n) is 30.6. The number of unbranched alkanes of at least 4 members (excludes halogenated alkanes) is 21. The van der Waals surface area contributed by atoms with E-state index in [4.69, 9.17) is 9.84 Å². The highest BCUT2D eigenvalue weighted by atomic mass is 16.5. The van der Waals surface area contributed by atoms with Gasteiger partial charge in [0, 0.05) is 12.8 Å². The van der Waals surface area contributed by atoms with Gasteiger partial charge in [0.05, 0.1) is 0 Å². The van der Waals surface area contributed by atoms with Crippen molar-refractivity contribution < 1.29 is 19.4 Å². The number of hydrogen-bond donors (Lipinski definition) is 1. The molecule has 1 atom stereocenters. The number of carbonyl (C=O) groups excluding carboxylic acids is 1. The van der Waals surface area contributed by atoms with Crippen LogP contribution in [-0.4, -0.2) is 23.1 Å². The molecule has 0 aliphatic rings. The zero-order valence-corrected chi connectivity index (χ0v) is 30.6. The molecule has 0 aromatic rings. The van der Waals surface area contributed by atoms with Gasteiger partial charge in [0.2, 0.25) is 0 Å². The first-order valence-electron chi connectivity index (χ1n) is 20.0. The lowest BCUT2D eigenvalue weighted by molar-refractivity contribution is -0.150. The number of hydrogen-bond acceptors (Lipinski definition) is 3. The van der Waals surface area contributed by atoms with Crippen LogP contribution in [0.4, 0.5) is 0 Å². The van der Waals surface area contributed by atoms with Crippen LogP contribution in [0.1, 0.15) is 213 Å². The van der Waals surface area contributed by atoms with E-state index >= 15 is 0 Å². The van der Waals surface area contributed by atoms with E-state index in [0.29, 0.717) is 6.42 Å². The molecule has 0 aromatic carbocycles. The van der Waals surface area contributed by atoms with Crippen LogP contribution in [0.3, 0.4) is 0 Å². The molecule has 4 heteroatoms. The summed E-state index contributed by atoms with van der Waals surface area (Å²) >= 11 is 0. The molecule has 0 heterocycles. The van der Waals surface area contributed by atoms with E-state index in [1.807, 2.05) is 0 Å². The Morgan fingerprint density at radius 1 is 0.478 bits per heavy atom. The van der Waals surface area contributed by atoms with Crippen molar-refractivity contribution in [3.05, 3.63) is 36.5 Å². The second-order valence-electron chi connectivity index (χ2n) is 13.5. The molecule has 46 heavy (non-hydrogen) atoms. The third-order valence-corrected chi connectivity index (χ3v) is 8.83. The van der Waals surface area contributed by atoms with Crippen molar-refractivity contribution in [2.75, 3.05) is 0 Å². The number of ether oxygens (including phenoxy) is 1. The van der Waals surface area contributed by atoms with Gasteiger partial charge in [0.15, 0.2) is 0 Å². The molecule has 0 spiro atoms. The van der Waals surface area contributed by atoms with E-state index < -0.39 is 5.97 Å². The molecule has 0 radical (unpaired) electrons. The van der Waals surface area contributed by atoms with Gasteiger partial charge in [0.1, 0.15) is 6.10 Å². The van der Waals surface area contributed by atoms with Gasteiger partial charge in [-0.05, 0) is 89.9 Å². The zero-order chi connectivity index (χ0) is 33.6. The van der Waals surface area contributed by atoms with E-state index in [0.717, 1.165) is 77.0 Å². The molecule has 268 valence electrons. The van der Waals surface area contributed by atoms with Crippen LogP contribution in [-0.2, 0) is 14.3 Å². The second kappa shape index (κ2) is 37.6. The summed E-state index contributed by atoms with van der Waals surface area (Å²) in [5, 5.41) is 8.81. The van der Waals surface area contributed by atoms with Crippen LogP contribution in [0, 0.1) is 0 Å². The van der Waals surface area contributed by atoms with Crippen molar-refractivity contribution in [2.24, 2.45) is 0 Å². The summed E-state index contributed by atoms with van der Waals surface area (Å²) < 4.78 is 5.97. The smallest absolute Gasteiger partial charge is 0.306 e. The average Bonchev–Trinajstić information content (AvgIpc) is 3.04. The number of allylic oxidation sites excluding steroid dienone is 6. The van der Waals surface area contributed by atoms with E-state index in [-0.39, 0.29) is 18.5 Å². The summed E-state index contributed by atoms with van der Waals surface area (Å²) in [6.07, 6.45) is 48.7. The van der Waals surface area contributed by atoms with E-state index in [1.54, 1.807) is 0 Å². The molecule has 0 saturated carbocycles. The third-order valence-electron chi connectivity index (χ3n) is 8.83. The minimum Gasteiger partial charge on any atom is -0.481 e. The van der Waals surface area contributed by atoms with Gasteiger partial charge in [-0.1, -0.05) is 147 Å². The molecule has 0 aliphatic heterocycles. The first-order valence-corrected chi connectivity index (χ1v) is 20.0. The predicted octanol–water partition coefficient (Wildman–Crippen LogP) is 13.8. The van der Waals surface area contributed by atoms with Crippen LogP contribution >= 0.6 is 0 Å². The highest BCUT2D eigenvalue weighted by molar-refractivity contribution is 5.69. The minimum atomic E-state index is -0.707. The Morgan fingerprint density at radius 2 is 0.870 bits per heavy atom. The molecule has 0 bridgehead atoms. The van der Waals surface area contributed by atoms with Crippen LogP contribution in [0.15, 0.2) is 36.5 Å². The summed E-state index contributed by atoms with van der Waals surface area (Å²) in [7, 11) is 0. The topological polar surface area (TPSA) is 63.6 Å². The Hall–Kier alpha value is -1.84. The molecular weight excluding hydrogens is 568 g/mol. The SMILES string of the molecule is CCCCCCC/C=C\C/C=C\CCCC(CCCCCCCC(=O)O)OC(=O)CCCCCCC/C=C\CCCCCCCC. The van der Waals surface area contributed by atoms with Gasteiger partial charge in [-0.25, -0.2) is 0 Å². The number of carboxylic acids is 1. The summed E-state index contributed by atoms with van der Waals surface area (Å²) in [5.74, 6) is -0.736. The van der Waals surface area contributed by atoms with Gasteiger partial charge in [-0.2, -0.15) is 0 Å². The van der Waals surface area contributed by atoms with Gasteiger partial charge >= 0.3 is 11.9 Å². The van der Waals surface area contributed by atoms with Crippen molar-refractivity contribution in [3.63, 3.8) is 0 Å². The molecule has 0 amide bonds. The molecule has 0 aromatic heterocycles. The fraction of sp³-hybridized carbons (Fsp3) is 0.810. The fourth-order valence-electron chi connectivity index (χ4n) is 5.86. The van der Waals surface area contributed by atoms with E-state index in [9.17, 15) is 9.59 Å². The maximum atomic E-state index is 12.7. The fourth-order valence-corrected chi connectivity index (χ4v) is 5.86. The molecule has 0 rings (SSSR count). The lowest BCUT2D eigenvalue weighted by atomic mass is 10.0. The van der Waals surface area contributed by atoms with E-state index in [2.05, 4.69) is 50.3 Å². The van der Waals surface area contributed by atoms with Gasteiger partial charge in [-0.3, -0.25) is 9.59 Å². The monoisotopic (exact) mass is 645 g/mol. The van der Waals surface area contributed by atoms with Crippen molar-refractivity contribution in [1.29, 1.82) is 0 Å². The summed E-state index contributed by atoms with van der Waals surface area (Å²) in [5.41, 5.74) is 0. The molecule has 0 fully saturated rings. The van der Waals surface area contributed by atoms with E-state index in [1.165, 1.54) is 109 Å². The predicted molar refractivity (Wildman–Crippen MR) is 199 cm³/mol. The maximum Gasteiger partial charge on any atom is 0.306 e. The Labute approximate surface area is 286 Å². The number of rotatable bonds is 36. The Balaban J connectivity index is 4.13. The molecule has 1 unspecified atom stereocenters. The summed E-state index contributed by atoms with van der Waals surface area (Å²) in [4.78, 5) is 23.4. The van der Waals surface area contributed by atoms with Gasteiger partial charge < -0.3 is 9.84 Å². The first kappa shape index (κ1) is 44.2. The Morgan fingerprint density at radius 3 is 1.39 bits per heavy atom.